The maximum atomic E-state index is 12.6. The van der Waals surface area contributed by atoms with Crippen LogP contribution in [0, 0.1) is 13.8 Å². The fourth-order valence-corrected chi connectivity index (χ4v) is 2.92. The highest BCUT2D eigenvalue weighted by Gasteiger charge is 2.22. The number of aromatic nitrogens is 2. The first kappa shape index (κ1) is 19.9. The van der Waals surface area contributed by atoms with E-state index in [0.717, 1.165) is 5.56 Å². The van der Waals surface area contributed by atoms with Crippen LogP contribution in [0.15, 0.2) is 47.0 Å². The van der Waals surface area contributed by atoms with Gasteiger partial charge >= 0.3 is 0 Å². The van der Waals surface area contributed by atoms with Crippen LogP contribution in [0.1, 0.15) is 23.9 Å². The fourth-order valence-electron chi connectivity index (χ4n) is 2.70. The zero-order chi connectivity index (χ0) is 20.3. The summed E-state index contributed by atoms with van der Waals surface area (Å²) in [7, 11) is 1.67. The molecule has 0 saturated heterocycles. The number of likely N-dealkylation sites (N-methyl/N-ethyl adjacent to an activating group) is 1. The molecular weight excluding hydrogens is 378 g/mol. The van der Waals surface area contributed by atoms with Crippen molar-refractivity contribution in [2.45, 2.75) is 33.4 Å². The molecule has 28 heavy (non-hydrogen) atoms. The van der Waals surface area contributed by atoms with Gasteiger partial charge in [0, 0.05) is 12.6 Å². The third kappa shape index (κ3) is 4.51. The Balaban J connectivity index is 1.64. The summed E-state index contributed by atoms with van der Waals surface area (Å²) in [5.74, 6) is 1.19. The van der Waals surface area contributed by atoms with Crippen molar-refractivity contribution in [2.24, 2.45) is 0 Å². The van der Waals surface area contributed by atoms with Crippen LogP contribution in [-0.2, 0) is 11.3 Å². The molecule has 1 amide bonds. The van der Waals surface area contributed by atoms with E-state index in [1.54, 1.807) is 20.0 Å². The van der Waals surface area contributed by atoms with Gasteiger partial charge in [-0.25, -0.2) is 0 Å². The summed E-state index contributed by atoms with van der Waals surface area (Å²) in [6.45, 7) is 5.93. The van der Waals surface area contributed by atoms with Crippen LogP contribution in [-0.4, -0.2) is 34.1 Å². The summed E-state index contributed by atoms with van der Waals surface area (Å²) in [6.07, 6.45) is -0.641. The van der Waals surface area contributed by atoms with Crippen molar-refractivity contribution in [1.29, 1.82) is 0 Å². The van der Waals surface area contributed by atoms with Crippen LogP contribution < -0.4 is 4.74 Å². The van der Waals surface area contributed by atoms with E-state index in [9.17, 15) is 4.79 Å². The molecule has 0 aliphatic heterocycles. The Morgan fingerprint density at radius 3 is 2.68 bits per heavy atom. The molecule has 3 aromatic rings. The van der Waals surface area contributed by atoms with Gasteiger partial charge in [-0.3, -0.25) is 4.79 Å². The molecule has 0 bridgehead atoms. The first-order valence-corrected chi connectivity index (χ1v) is 9.29. The third-order valence-electron chi connectivity index (χ3n) is 4.47. The Labute approximate surface area is 169 Å². The van der Waals surface area contributed by atoms with E-state index in [4.69, 9.17) is 20.9 Å². The number of benzene rings is 2. The van der Waals surface area contributed by atoms with Crippen molar-refractivity contribution >= 4 is 17.5 Å². The number of hydrogen-bond donors (Lipinski definition) is 0. The SMILES string of the molecule is Cc1ccc(O[C@@H](C)C(=O)N(C)Cc2nc(-c3ccccc3Cl)no2)cc1C. The fraction of sp³-hybridized carbons (Fsp3) is 0.286. The van der Waals surface area contributed by atoms with Gasteiger partial charge in [-0.05, 0) is 56.2 Å². The number of ether oxygens (including phenoxy) is 1. The van der Waals surface area contributed by atoms with E-state index in [2.05, 4.69) is 10.1 Å². The Hall–Kier alpha value is -2.86. The molecule has 2 aromatic carbocycles. The first-order valence-electron chi connectivity index (χ1n) is 8.91. The normalized spacial score (nSPS) is 11.9. The summed E-state index contributed by atoms with van der Waals surface area (Å²) >= 11 is 6.16. The van der Waals surface area contributed by atoms with Gasteiger partial charge in [0.1, 0.15) is 5.75 Å². The maximum Gasteiger partial charge on any atom is 0.263 e. The Morgan fingerprint density at radius 2 is 1.96 bits per heavy atom. The lowest BCUT2D eigenvalue weighted by Gasteiger charge is -2.21. The highest BCUT2D eigenvalue weighted by Crippen LogP contribution is 2.25. The minimum Gasteiger partial charge on any atom is -0.481 e. The van der Waals surface area contributed by atoms with Gasteiger partial charge in [0.15, 0.2) is 6.10 Å². The van der Waals surface area contributed by atoms with E-state index in [1.165, 1.54) is 10.5 Å². The van der Waals surface area contributed by atoms with Crippen LogP contribution in [0.3, 0.4) is 0 Å². The molecule has 0 N–H and O–H groups in total. The topological polar surface area (TPSA) is 68.5 Å². The summed E-state index contributed by atoms with van der Waals surface area (Å²) < 4.78 is 11.1. The van der Waals surface area contributed by atoms with Crippen molar-refractivity contribution in [3.8, 4) is 17.1 Å². The summed E-state index contributed by atoms with van der Waals surface area (Å²) in [4.78, 5) is 18.5. The Morgan fingerprint density at radius 1 is 1.21 bits per heavy atom. The second-order valence-corrected chi connectivity index (χ2v) is 7.10. The summed E-state index contributed by atoms with van der Waals surface area (Å²) in [5, 5.41) is 4.49. The highest BCUT2D eigenvalue weighted by atomic mass is 35.5. The quantitative estimate of drug-likeness (QED) is 0.613. The predicted octanol–water partition coefficient (Wildman–Crippen LogP) is 4.43. The molecule has 1 heterocycles. The van der Waals surface area contributed by atoms with E-state index in [-0.39, 0.29) is 12.5 Å². The second kappa shape index (κ2) is 8.44. The van der Waals surface area contributed by atoms with Crippen molar-refractivity contribution in [2.75, 3.05) is 7.05 Å². The van der Waals surface area contributed by atoms with Crippen molar-refractivity contribution < 1.29 is 14.1 Å². The minimum atomic E-state index is -0.641. The number of halogens is 1. The van der Waals surface area contributed by atoms with E-state index >= 15 is 0 Å². The van der Waals surface area contributed by atoms with Crippen molar-refractivity contribution in [3.05, 3.63) is 64.5 Å². The second-order valence-electron chi connectivity index (χ2n) is 6.69. The third-order valence-corrected chi connectivity index (χ3v) is 4.80. The number of rotatable bonds is 6. The largest absolute Gasteiger partial charge is 0.481 e. The predicted molar refractivity (Wildman–Crippen MR) is 107 cm³/mol. The van der Waals surface area contributed by atoms with E-state index in [1.807, 2.05) is 50.2 Å². The molecule has 0 radical (unpaired) electrons. The molecule has 7 heteroatoms. The molecule has 0 aliphatic rings. The molecule has 0 saturated carbocycles. The lowest BCUT2D eigenvalue weighted by Crippen LogP contribution is -2.37. The van der Waals surface area contributed by atoms with Crippen LogP contribution in [0.25, 0.3) is 11.4 Å². The van der Waals surface area contributed by atoms with Crippen LogP contribution >= 0.6 is 11.6 Å². The number of aryl methyl sites for hydroxylation is 2. The number of nitrogens with zero attached hydrogens (tertiary/aromatic N) is 3. The smallest absolute Gasteiger partial charge is 0.263 e. The Bertz CT molecular complexity index is 987. The summed E-state index contributed by atoms with van der Waals surface area (Å²) in [5.41, 5.74) is 2.97. The average molecular weight is 400 g/mol. The molecule has 0 spiro atoms. The van der Waals surface area contributed by atoms with Crippen LogP contribution in [0.5, 0.6) is 5.75 Å². The number of amides is 1. The monoisotopic (exact) mass is 399 g/mol. The lowest BCUT2D eigenvalue weighted by atomic mass is 10.1. The molecular formula is C21H22ClN3O3. The molecule has 1 atom stereocenters. The molecule has 146 valence electrons. The molecule has 1 aromatic heterocycles. The molecule has 6 nitrogen and oxygen atoms in total. The van der Waals surface area contributed by atoms with Gasteiger partial charge in [0.2, 0.25) is 11.7 Å². The van der Waals surface area contributed by atoms with Crippen molar-refractivity contribution in [3.63, 3.8) is 0 Å². The molecule has 0 aliphatic carbocycles. The van der Waals surface area contributed by atoms with Gasteiger partial charge in [-0.1, -0.05) is 35.0 Å². The van der Waals surface area contributed by atoms with Gasteiger partial charge in [-0.2, -0.15) is 4.98 Å². The zero-order valence-corrected chi connectivity index (χ0v) is 17.0. The van der Waals surface area contributed by atoms with Gasteiger partial charge < -0.3 is 14.2 Å². The number of carbonyl (C=O) groups is 1. The van der Waals surface area contributed by atoms with Crippen LogP contribution in [0.4, 0.5) is 0 Å². The average Bonchev–Trinajstić information content (AvgIpc) is 3.12. The first-order chi connectivity index (χ1) is 13.3. The zero-order valence-electron chi connectivity index (χ0n) is 16.3. The highest BCUT2D eigenvalue weighted by molar-refractivity contribution is 6.33. The molecule has 0 unspecified atom stereocenters. The Kier molecular flexibility index (Phi) is 5.99. The van der Waals surface area contributed by atoms with E-state index in [0.29, 0.717) is 28.1 Å². The van der Waals surface area contributed by atoms with Crippen molar-refractivity contribution in [1.82, 2.24) is 15.0 Å². The molecule has 3 rings (SSSR count). The van der Waals surface area contributed by atoms with E-state index < -0.39 is 6.10 Å². The standard InChI is InChI=1S/C21H22ClN3O3/c1-13-9-10-16(11-14(13)2)27-15(3)21(26)25(4)12-19-23-20(24-28-19)17-7-5-6-8-18(17)22/h5-11,15H,12H2,1-4H3/t15-/m0/s1. The molecule has 0 fully saturated rings. The number of carbonyl (C=O) groups excluding carboxylic acids is 1. The van der Waals surface area contributed by atoms with Gasteiger partial charge in [-0.15, -0.1) is 0 Å². The summed E-state index contributed by atoms with van der Waals surface area (Å²) in [6, 6.07) is 13.0. The minimum absolute atomic E-state index is 0.177. The maximum absolute atomic E-state index is 12.6. The van der Waals surface area contributed by atoms with Gasteiger partial charge in [0.05, 0.1) is 11.6 Å². The van der Waals surface area contributed by atoms with Gasteiger partial charge in [0.25, 0.3) is 5.91 Å². The number of hydrogen-bond acceptors (Lipinski definition) is 5. The van der Waals surface area contributed by atoms with Crippen LogP contribution in [0.2, 0.25) is 5.02 Å². The lowest BCUT2D eigenvalue weighted by molar-refractivity contribution is -0.137.